The Bertz CT molecular complexity index is 1230. The number of hydrogen-bond acceptors (Lipinski definition) is 3. The van der Waals surface area contributed by atoms with E-state index in [2.05, 4.69) is 10.0 Å². The first-order chi connectivity index (χ1) is 14.3. The second-order valence-corrected chi connectivity index (χ2v) is 9.13. The van der Waals surface area contributed by atoms with Crippen molar-refractivity contribution in [2.75, 3.05) is 10.0 Å². The van der Waals surface area contributed by atoms with Gasteiger partial charge in [-0.2, -0.15) is 0 Å². The maximum Gasteiger partial charge on any atom is 0.261 e. The van der Waals surface area contributed by atoms with Crippen LogP contribution >= 0.6 is 11.6 Å². The fourth-order valence-electron chi connectivity index (χ4n) is 3.42. The molecule has 0 saturated heterocycles. The molecule has 3 aromatic carbocycles. The molecule has 0 aromatic heterocycles. The molecule has 30 heavy (non-hydrogen) atoms. The van der Waals surface area contributed by atoms with Crippen LogP contribution in [0.25, 0.3) is 0 Å². The van der Waals surface area contributed by atoms with Crippen LogP contribution in [0.3, 0.4) is 0 Å². The van der Waals surface area contributed by atoms with Crippen molar-refractivity contribution < 1.29 is 17.6 Å². The summed E-state index contributed by atoms with van der Waals surface area (Å²) >= 11 is 6.13. The smallest absolute Gasteiger partial charge is 0.261 e. The van der Waals surface area contributed by atoms with Gasteiger partial charge in [0.2, 0.25) is 0 Å². The number of nitrogens with one attached hydrogen (secondary N) is 2. The van der Waals surface area contributed by atoms with Crippen LogP contribution in [-0.4, -0.2) is 14.3 Å². The van der Waals surface area contributed by atoms with Gasteiger partial charge in [-0.05, 0) is 85.0 Å². The van der Waals surface area contributed by atoms with Gasteiger partial charge in [0.25, 0.3) is 15.9 Å². The number of rotatable bonds is 5. The molecule has 5 nitrogen and oxygen atoms in total. The molecular formula is C22H18ClFN2O3S. The lowest BCUT2D eigenvalue weighted by atomic mass is 10.1. The molecule has 0 radical (unpaired) electrons. The van der Waals surface area contributed by atoms with E-state index >= 15 is 0 Å². The molecule has 1 amide bonds. The topological polar surface area (TPSA) is 75.3 Å². The number of amides is 1. The largest absolute Gasteiger partial charge is 0.322 e. The summed E-state index contributed by atoms with van der Waals surface area (Å²) in [5.74, 6) is -0.927. The molecule has 8 heteroatoms. The van der Waals surface area contributed by atoms with Crippen LogP contribution in [-0.2, 0) is 22.9 Å². The number of anilines is 2. The van der Waals surface area contributed by atoms with Crippen molar-refractivity contribution in [2.24, 2.45) is 0 Å². The lowest BCUT2D eigenvalue weighted by Gasteiger charge is -2.12. The second kappa shape index (κ2) is 8.08. The molecule has 3 aromatic rings. The van der Waals surface area contributed by atoms with Crippen LogP contribution in [0.2, 0.25) is 5.02 Å². The third-order valence-electron chi connectivity index (χ3n) is 4.95. The van der Waals surface area contributed by atoms with Crippen LogP contribution in [0.5, 0.6) is 0 Å². The number of sulfonamides is 1. The molecular weight excluding hydrogens is 427 g/mol. The van der Waals surface area contributed by atoms with Crippen LogP contribution in [0, 0.1) is 5.82 Å². The Kier molecular flexibility index (Phi) is 5.49. The van der Waals surface area contributed by atoms with Crippen molar-refractivity contribution >= 4 is 38.9 Å². The van der Waals surface area contributed by atoms with Gasteiger partial charge in [0.05, 0.1) is 15.6 Å². The number of aryl methyl sites for hydroxylation is 2. The van der Waals surface area contributed by atoms with E-state index < -0.39 is 15.8 Å². The summed E-state index contributed by atoms with van der Waals surface area (Å²) in [5.41, 5.74) is 3.52. The zero-order chi connectivity index (χ0) is 21.3. The zero-order valence-corrected chi connectivity index (χ0v) is 17.4. The number of carbonyl (C=O) groups is 1. The third-order valence-corrected chi connectivity index (χ3v) is 6.66. The Morgan fingerprint density at radius 3 is 2.43 bits per heavy atom. The molecule has 154 valence electrons. The molecule has 0 spiro atoms. The third kappa shape index (κ3) is 4.32. The number of benzene rings is 3. The average Bonchev–Trinajstić information content (AvgIpc) is 3.17. The number of hydrogen-bond donors (Lipinski definition) is 2. The molecule has 2 N–H and O–H groups in total. The van der Waals surface area contributed by atoms with Gasteiger partial charge >= 0.3 is 0 Å². The van der Waals surface area contributed by atoms with E-state index in [4.69, 9.17) is 11.6 Å². The van der Waals surface area contributed by atoms with Crippen molar-refractivity contribution in [1.82, 2.24) is 0 Å². The highest BCUT2D eigenvalue weighted by molar-refractivity contribution is 7.92. The molecule has 0 heterocycles. The fourth-order valence-corrected chi connectivity index (χ4v) is 4.71. The molecule has 0 saturated carbocycles. The molecule has 0 atom stereocenters. The van der Waals surface area contributed by atoms with Gasteiger partial charge in [-0.1, -0.05) is 17.7 Å². The molecule has 1 aliphatic carbocycles. The summed E-state index contributed by atoms with van der Waals surface area (Å²) in [6, 6.07) is 14.6. The number of carbonyl (C=O) groups excluding carboxylic acids is 1. The van der Waals surface area contributed by atoms with Crippen molar-refractivity contribution in [1.29, 1.82) is 0 Å². The van der Waals surface area contributed by atoms with Gasteiger partial charge in [0.1, 0.15) is 5.82 Å². The van der Waals surface area contributed by atoms with Gasteiger partial charge in [-0.15, -0.1) is 0 Å². The van der Waals surface area contributed by atoms with Gasteiger partial charge in [-0.3, -0.25) is 9.52 Å². The predicted octanol–water partition coefficient (Wildman–Crippen LogP) is 5.02. The minimum absolute atomic E-state index is 0.0580. The molecule has 0 fully saturated rings. The normalized spacial score (nSPS) is 13.0. The highest BCUT2D eigenvalue weighted by Crippen LogP contribution is 2.28. The minimum Gasteiger partial charge on any atom is -0.322 e. The van der Waals surface area contributed by atoms with Gasteiger partial charge in [-0.25, -0.2) is 12.8 Å². The maximum absolute atomic E-state index is 13.1. The average molecular weight is 445 g/mol. The first kappa shape index (κ1) is 20.4. The van der Waals surface area contributed by atoms with Crippen LogP contribution in [0.4, 0.5) is 15.8 Å². The highest BCUT2D eigenvalue weighted by atomic mass is 35.5. The maximum atomic E-state index is 13.1. The van der Waals surface area contributed by atoms with E-state index in [9.17, 15) is 17.6 Å². The Morgan fingerprint density at radius 2 is 1.67 bits per heavy atom. The molecule has 0 aliphatic heterocycles. The summed E-state index contributed by atoms with van der Waals surface area (Å²) in [4.78, 5) is 12.6. The molecule has 4 rings (SSSR count). The van der Waals surface area contributed by atoms with Crippen molar-refractivity contribution in [3.05, 3.63) is 88.2 Å². The summed E-state index contributed by atoms with van der Waals surface area (Å²) in [6.45, 7) is 0. The van der Waals surface area contributed by atoms with E-state index in [1.165, 1.54) is 29.3 Å². The summed E-state index contributed by atoms with van der Waals surface area (Å²) in [6.07, 6.45) is 3.16. The molecule has 1 aliphatic rings. The number of halogens is 2. The van der Waals surface area contributed by atoms with Gasteiger partial charge in [0, 0.05) is 11.3 Å². The lowest BCUT2D eigenvalue weighted by molar-refractivity contribution is 0.102. The fraction of sp³-hybridized carbons (Fsp3) is 0.136. The van der Waals surface area contributed by atoms with Crippen LogP contribution < -0.4 is 10.0 Å². The quantitative estimate of drug-likeness (QED) is 0.580. The van der Waals surface area contributed by atoms with Crippen molar-refractivity contribution in [3.63, 3.8) is 0 Å². The minimum atomic E-state index is -3.99. The van der Waals surface area contributed by atoms with E-state index in [0.717, 1.165) is 43.5 Å². The SMILES string of the molecule is O=C(Nc1ccc2c(c1)CCC2)c1ccc(Cl)c(NS(=O)(=O)c2ccc(F)cc2)c1. The zero-order valence-electron chi connectivity index (χ0n) is 15.8. The monoisotopic (exact) mass is 444 g/mol. The first-order valence-corrected chi connectivity index (χ1v) is 11.2. The van der Waals surface area contributed by atoms with Gasteiger partial charge < -0.3 is 5.32 Å². The predicted molar refractivity (Wildman–Crippen MR) is 115 cm³/mol. The Hall–Kier alpha value is -2.90. The first-order valence-electron chi connectivity index (χ1n) is 9.33. The van der Waals surface area contributed by atoms with E-state index in [-0.39, 0.29) is 27.1 Å². The van der Waals surface area contributed by atoms with E-state index in [1.807, 2.05) is 18.2 Å². The molecule has 0 unspecified atom stereocenters. The lowest BCUT2D eigenvalue weighted by Crippen LogP contribution is -2.15. The van der Waals surface area contributed by atoms with Crippen molar-refractivity contribution in [2.45, 2.75) is 24.2 Å². The Balaban J connectivity index is 1.55. The number of fused-ring (bicyclic) bond motifs is 1. The van der Waals surface area contributed by atoms with Crippen LogP contribution in [0.15, 0.2) is 65.6 Å². The van der Waals surface area contributed by atoms with Crippen LogP contribution in [0.1, 0.15) is 27.9 Å². The summed E-state index contributed by atoms with van der Waals surface area (Å²) < 4.78 is 40.5. The second-order valence-electron chi connectivity index (χ2n) is 7.05. The summed E-state index contributed by atoms with van der Waals surface area (Å²) in [5, 5.41) is 2.97. The Labute approximate surface area is 178 Å². The summed E-state index contributed by atoms with van der Waals surface area (Å²) in [7, 11) is -3.99. The van der Waals surface area contributed by atoms with Crippen molar-refractivity contribution in [3.8, 4) is 0 Å². The van der Waals surface area contributed by atoms with E-state index in [1.54, 1.807) is 0 Å². The highest BCUT2D eigenvalue weighted by Gasteiger charge is 2.18. The molecule has 0 bridgehead atoms. The van der Waals surface area contributed by atoms with E-state index in [0.29, 0.717) is 5.69 Å². The standard InChI is InChI=1S/C22H18ClFN2O3S/c23-20-11-5-16(22(27)25-18-8-4-14-2-1-3-15(14)12-18)13-21(20)26-30(28,29)19-9-6-17(24)7-10-19/h4-13,26H,1-3H2,(H,25,27). The Morgan fingerprint density at radius 1 is 0.933 bits per heavy atom. The van der Waals surface area contributed by atoms with Gasteiger partial charge in [0.15, 0.2) is 0 Å².